The number of benzene rings is 1. The summed E-state index contributed by atoms with van der Waals surface area (Å²) in [4.78, 5) is 29.0. The van der Waals surface area contributed by atoms with E-state index in [1.54, 1.807) is 80.2 Å². The third kappa shape index (κ3) is 6.47. The number of ether oxygens (including phenoxy) is 1. The van der Waals surface area contributed by atoms with Gasteiger partial charge in [0.1, 0.15) is 11.2 Å². The van der Waals surface area contributed by atoms with Crippen LogP contribution < -0.4 is 10.6 Å². The maximum Gasteiger partial charge on any atom is 0.407 e. The molecule has 2 aromatic heterocycles. The number of carbonyl (C=O) groups is 2. The minimum Gasteiger partial charge on any atom is -0.444 e. The molecule has 0 saturated carbocycles. The van der Waals surface area contributed by atoms with Crippen LogP contribution >= 0.6 is 0 Å². The van der Waals surface area contributed by atoms with Gasteiger partial charge in [0.15, 0.2) is 0 Å². The molecular formula is C26H33N5O5S. The number of nitrogens with one attached hydrogen (secondary N) is 2. The van der Waals surface area contributed by atoms with E-state index < -0.39 is 21.7 Å². The SMILES string of the molecule is CC1CC(CNC(=O)OC(C)(C)C)N(S(=O)(=O)c2ccc(CNC(=O)c3ccc4nccn4c3)cc2)C1. The molecule has 1 fully saturated rings. The van der Waals surface area contributed by atoms with E-state index in [0.29, 0.717) is 18.5 Å². The Morgan fingerprint density at radius 2 is 1.84 bits per heavy atom. The van der Waals surface area contributed by atoms with Crippen molar-refractivity contribution >= 4 is 27.7 Å². The average molecular weight is 528 g/mol. The molecule has 10 nitrogen and oxygen atoms in total. The highest BCUT2D eigenvalue weighted by molar-refractivity contribution is 7.89. The number of alkyl carbamates (subject to hydrolysis) is 1. The molecule has 11 heteroatoms. The van der Waals surface area contributed by atoms with Crippen molar-refractivity contribution < 1.29 is 22.7 Å². The van der Waals surface area contributed by atoms with Crippen LogP contribution in [0.15, 0.2) is 59.9 Å². The minimum atomic E-state index is -3.76. The largest absolute Gasteiger partial charge is 0.444 e. The number of amides is 2. The van der Waals surface area contributed by atoms with Crippen LogP contribution in [0.4, 0.5) is 4.79 Å². The van der Waals surface area contributed by atoms with Crippen LogP contribution in [0.3, 0.4) is 0 Å². The van der Waals surface area contributed by atoms with Crippen LogP contribution in [0, 0.1) is 5.92 Å². The van der Waals surface area contributed by atoms with Crippen LogP contribution in [0.2, 0.25) is 0 Å². The highest BCUT2D eigenvalue weighted by Gasteiger charge is 2.38. The number of nitrogens with zero attached hydrogens (tertiary/aromatic N) is 3. The van der Waals surface area contributed by atoms with Crippen molar-refractivity contribution in [1.82, 2.24) is 24.3 Å². The Balaban J connectivity index is 1.38. The van der Waals surface area contributed by atoms with Gasteiger partial charge in [-0.05, 0) is 62.9 Å². The second-order valence-electron chi connectivity index (χ2n) is 10.4. The van der Waals surface area contributed by atoms with Crippen LogP contribution in [0.5, 0.6) is 0 Å². The fourth-order valence-corrected chi connectivity index (χ4v) is 6.12. The van der Waals surface area contributed by atoms with Gasteiger partial charge in [0.05, 0.1) is 10.5 Å². The molecule has 0 radical (unpaired) electrons. The summed E-state index contributed by atoms with van der Waals surface area (Å²) in [6, 6.07) is 9.60. The van der Waals surface area contributed by atoms with Crippen LogP contribution in [0.25, 0.3) is 5.65 Å². The minimum absolute atomic E-state index is 0.163. The number of hydrogen-bond acceptors (Lipinski definition) is 6. The lowest BCUT2D eigenvalue weighted by Gasteiger charge is -2.25. The molecule has 3 heterocycles. The van der Waals surface area contributed by atoms with Gasteiger partial charge >= 0.3 is 6.09 Å². The summed E-state index contributed by atoms with van der Waals surface area (Å²) in [7, 11) is -3.76. The Kier molecular flexibility index (Phi) is 7.56. The van der Waals surface area contributed by atoms with Gasteiger partial charge in [0.25, 0.3) is 5.91 Å². The lowest BCUT2D eigenvalue weighted by molar-refractivity contribution is 0.0519. The highest BCUT2D eigenvalue weighted by Crippen LogP contribution is 2.29. The van der Waals surface area contributed by atoms with Gasteiger partial charge in [-0.25, -0.2) is 18.2 Å². The monoisotopic (exact) mass is 527 g/mol. The van der Waals surface area contributed by atoms with E-state index in [-0.39, 0.29) is 35.9 Å². The summed E-state index contributed by atoms with van der Waals surface area (Å²) in [6.45, 7) is 8.12. The molecule has 2 N–H and O–H groups in total. The summed E-state index contributed by atoms with van der Waals surface area (Å²) in [5.74, 6) is -0.0741. The number of carbonyl (C=O) groups excluding carboxylic acids is 2. The van der Waals surface area contributed by atoms with E-state index in [4.69, 9.17) is 4.74 Å². The first-order chi connectivity index (χ1) is 17.4. The number of fused-ring (bicyclic) bond motifs is 1. The highest BCUT2D eigenvalue weighted by atomic mass is 32.2. The van der Waals surface area contributed by atoms with E-state index in [2.05, 4.69) is 15.6 Å². The Morgan fingerprint density at radius 3 is 2.54 bits per heavy atom. The quantitative estimate of drug-likeness (QED) is 0.487. The predicted molar refractivity (Wildman–Crippen MR) is 139 cm³/mol. The van der Waals surface area contributed by atoms with Crippen molar-refractivity contribution in [1.29, 1.82) is 0 Å². The molecule has 198 valence electrons. The molecule has 4 rings (SSSR count). The fraction of sp³-hybridized carbons (Fsp3) is 0.423. The zero-order valence-corrected chi connectivity index (χ0v) is 22.3. The van der Waals surface area contributed by atoms with Gasteiger partial charge in [-0.15, -0.1) is 0 Å². The zero-order chi connectivity index (χ0) is 26.8. The Bertz CT molecular complexity index is 1380. The van der Waals surface area contributed by atoms with E-state index in [0.717, 1.165) is 11.2 Å². The molecule has 1 aromatic carbocycles. The molecule has 2 atom stereocenters. The molecule has 0 bridgehead atoms. The maximum atomic E-state index is 13.4. The summed E-state index contributed by atoms with van der Waals surface area (Å²) in [5.41, 5.74) is 1.39. The molecular weight excluding hydrogens is 494 g/mol. The summed E-state index contributed by atoms with van der Waals surface area (Å²) < 4.78 is 35.3. The number of aromatic nitrogens is 2. The van der Waals surface area contributed by atoms with Crippen LogP contribution in [-0.2, 0) is 21.3 Å². The van der Waals surface area contributed by atoms with Crippen LogP contribution in [0.1, 0.15) is 50.0 Å². The normalized spacial score (nSPS) is 18.6. The molecule has 1 saturated heterocycles. The predicted octanol–water partition coefficient (Wildman–Crippen LogP) is 3.19. The first-order valence-corrected chi connectivity index (χ1v) is 13.6. The van der Waals surface area contributed by atoms with Gasteiger partial charge in [-0.2, -0.15) is 4.31 Å². The van der Waals surface area contributed by atoms with Crippen molar-refractivity contribution in [2.45, 2.75) is 57.2 Å². The molecule has 1 aliphatic heterocycles. The number of sulfonamides is 1. The van der Waals surface area contributed by atoms with E-state index in [9.17, 15) is 18.0 Å². The van der Waals surface area contributed by atoms with Gasteiger partial charge in [-0.1, -0.05) is 19.1 Å². The summed E-state index contributed by atoms with van der Waals surface area (Å²) >= 11 is 0. The van der Waals surface area contributed by atoms with E-state index in [1.165, 1.54) is 4.31 Å². The van der Waals surface area contributed by atoms with Crippen molar-refractivity contribution in [3.05, 3.63) is 66.1 Å². The van der Waals surface area contributed by atoms with Crippen LogP contribution in [-0.4, -0.2) is 58.8 Å². The van der Waals surface area contributed by atoms with E-state index in [1.807, 2.05) is 6.92 Å². The Morgan fingerprint density at radius 1 is 1.11 bits per heavy atom. The number of pyridine rings is 1. The second-order valence-corrected chi connectivity index (χ2v) is 12.3. The third-order valence-electron chi connectivity index (χ3n) is 6.09. The molecule has 2 amide bonds. The summed E-state index contributed by atoms with van der Waals surface area (Å²) in [5, 5.41) is 5.56. The molecule has 37 heavy (non-hydrogen) atoms. The smallest absolute Gasteiger partial charge is 0.407 e. The number of imidazole rings is 1. The zero-order valence-electron chi connectivity index (χ0n) is 21.5. The number of hydrogen-bond donors (Lipinski definition) is 2. The molecule has 2 unspecified atom stereocenters. The average Bonchev–Trinajstić information content (AvgIpc) is 3.46. The Labute approximate surface area is 217 Å². The van der Waals surface area contributed by atoms with Crippen molar-refractivity contribution in [3.63, 3.8) is 0 Å². The standard InChI is InChI=1S/C26H33N5O5S/c1-18-13-21(15-29-25(33)36-26(2,3)4)31(16-18)37(34,35)22-8-5-19(6-9-22)14-28-24(32)20-7-10-23-27-11-12-30(23)17-20/h5-12,17-18,21H,13-16H2,1-4H3,(H,28,32)(H,29,33). The summed E-state index contributed by atoms with van der Waals surface area (Å²) in [6.07, 6.45) is 5.21. The first kappa shape index (κ1) is 26.6. The van der Waals surface area contributed by atoms with Crippen molar-refractivity contribution in [3.8, 4) is 0 Å². The molecule has 0 spiro atoms. The molecule has 3 aromatic rings. The van der Waals surface area contributed by atoms with Gasteiger partial charge < -0.3 is 19.8 Å². The molecule has 1 aliphatic rings. The maximum absolute atomic E-state index is 13.4. The first-order valence-electron chi connectivity index (χ1n) is 12.2. The van der Waals surface area contributed by atoms with Crippen molar-refractivity contribution in [2.75, 3.05) is 13.1 Å². The molecule has 0 aliphatic carbocycles. The van der Waals surface area contributed by atoms with Gasteiger partial charge in [0.2, 0.25) is 10.0 Å². The number of rotatable bonds is 7. The Hall–Kier alpha value is -3.44. The van der Waals surface area contributed by atoms with Crippen molar-refractivity contribution in [2.24, 2.45) is 5.92 Å². The second kappa shape index (κ2) is 10.5. The van der Waals surface area contributed by atoms with E-state index >= 15 is 0 Å². The van der Waals surface area contributed by atoms with Gasteiger partial charge in [-0.3, -0.25) is 4.79 Å². The lowest BCUT2D eigenvalue weighted by atomic mass is 10.1. The topological polar surface area (TPSA) is 122 Å². The fourth-order valence-electron chi connectivity index (χ4n) is 4.36. The third-order valence-corrected chi connectivity index (χ3v) is 8.02. The van der Waals surface area contributed by atoms with Gasteiger partial charge in [0, 0.05) is 44.3 Å². The lowest BCUT2D eigenvalue weighted by Crippen LogP contribution is -2.44.